The Labute approximate surface area is 217 Å². The van der Waals surface area contributed by atoms with Crippen LogP contribution < -0.4 is 15.4 Å². The van der Waals surface area contributed by atoms with Crippen LogP contribution in [0.1, 0.15) is 34.1 Å². The molecule has 2 aliphatic heterocycles. The Morgan fingerprint density at radius 3 is 2.41 bits per heavy atom. The molecule has 1 unspecified atom stereocenters. The smallest absolute Gasteiger partial charge is 0.319 e. The largest absolute Gasteiger partial charge is 0.493 e. The topological polar surface area (TPSA) is 94.2 Å². The number of amides is 4. The fourth-order valence-corrected chi connectivity index (χ4v) is 5.07. The number of nitrogens with zero attached hydrogens (tertiary/aromatic N) is 3. The zero-order valence-corrected chi connectivity index (χ0v) is 22.7. The maximum atomic E-state index is 13.9. The molecule has 37 heavy (non-hydrogen) atoms. The van der Waals surface area contributed by atoms with Crippen molar-refractivity contribution in [2.45, 2.75) is 58.3 Å². The van der Waals surface area contributed by atoms with Gasteiger partial charge in [-0.15, -0.1) is 0 Å². The quantitative estimate of drug-likeness (QED) is 0.571. The lowest BCUT2D eigenvalue weighted by Gasteiger charge is -2.37. The highest BCUT2D eigenvalue weighted by molar-refractivity contribution is 5.90. The van der Waals surface area contributed by atoms with Crippen molar-refractivity contribution in [1.29, 1.82) is 0 Å². The number of carbonyl (C=O) groups excluding carboxylic acids is 3. The van der Waals surface area contributed by atoms with Gasteiger partial charge in [0.1, 0.15) is 11.8 Å². The van der Waals surface area contributed by atoms with Crippen molar-refractivity contribution in [3.63, 3.8) is 0 Å². The van der Waals surface area contributed by atoms with E-state index in [1.165, 1.54) is 11.0 Å². The summed E-state index contributed by atoms with van der Waals surface area (Å²) < 4.78 is 32.9. The van der Waals surface area contributed by atoms with Crippen molar-refractivity contribution in [1.82, 2.24) is 25.3 Å². The number of fused-ring (bicyclic) bond motifs is 1. The van der Waals surface area contributed by atoms with E-state index in [-0.39, 0.29) is 48.2 Å². The van der Waals surface area contributed by atoms with Crippen LogP contribution >= 0.6 is 0 Å². The molecule has 0 aromatic heterocycles. The summed E-state index contributed by atoms with van der Waals surface area (Å²) in [5.41, 5.74) is -0.562. The number of likely N-dealkylation sites (tertiary alicyclic amines) is 2. The first-order chi connectivity index (χ1) is 17.3. The van der Waals surface area contributed by atoms with E-state index >= 15 is 0 Å². The Morgan fingerprint density at radius 2 is 1.84 bits per heavy atom. The van der Waals surface area contributed by atoms with Gasteiger partial charge in [-0.3, -0.25) is 9.59 Å². The first-order valence-corrected chi connectivity index (χ1v) is 12.6. The average molecular weight is 524 g/mol. The van der Waals surface area contributed by atoms with Gasteiger partial charge in [0.25, 0.3) is 0 Å². The van der Waals surface area contributed by atoms with Crippen LogP contribution in [0.4, 0.5) is 13.6 Å². The van der Waals surface area contributed by atoms with Crippen molar-refractivity contribution in [2.75, 3.05) is 40.8 Å². The molecule has 5 atom stereocenters. The molecule has 0 spiro atoms. The molecule has 0 saturated carbocycles. The van der Waals surface area contributed by atoms with E-state index in [2.05, 4.69) is 10.6 Å². The zero-order chi connectivity index (χ0) is 27.7. The molecule has 0 aliphatic carbocycles. The number of hydrogen-bond acceptors (Lipinski definition) is 5. The summed E-state index contributed by atoms with van der Waals surface area (Å²) in [4.78, 5) is 44.6. The predicted molar refractivity (Wildman–Crippen MR) is 135 cm³/mol. The molecule has 2 aliphatic rings. The van der Waals surface area contributed by atoms with Crippen LogP contribution in [0, 0.1) is 23.0 Å². The van der Waals surface area contributed by atoms with Crippen LogP contribution in [-0.4, -0.2) is 97.6 Å². The van der Waals surface area contributed by atoms with Crippen LogP contribution in [0.5, 0.6) is 5.75 Å². The maximum Gasteiger partial charge on any atom is 0.319 e. The van der Waals surface area contributed by atoms with Crippen molar-refractivity contribution >= 4 is 17.8 Å². The highest BCUT2D eigenvalue weighted by Crippen LogP contribution is 2.38. The molecular formula is C26H39F2N5O4. The van der Waals surface area contributed by atoms with Gasteiger partial charge in [-0.1, -0.05) is 20.8 Å². The second-order valence-corrected chi connectivity index (χ2v) is 11.2. The Morgan fingerprint density at radius 1 is 1.16 bits per heavy atom. The highest BCUT2D eigenvalue weighted by Gasteiger charge is 2.53. The van der Waals surface area contributed by atoms with Gasteiger partial charge < -0.3 is 30.1 Å². The molecule has 4 amide bonds. The molecule has 3 rings (SSSR count). The van der Waals surface area contributed by atoms with E-state index in [1.54, 1.807) is 37.9 Å². The average Bonchev–Trinajstić information content (AvgIpc) is 3.41. The van der Waals surface area contributed by atoms with Crippen molar-refractivity contribution < 1.29 is 27.9 Å². The maximum absolute atomic E-state index is 13.9. The zero-order valence-electron chi connectivity index (χ0n) is 22.7. The fraction of sp³-hybridized carbons (Fsp3) is 0.654. The SMILES string of the molecule is CN[C@@H](C)C(=O)NC(C(=O)N1CC[C@@H]2[C@H]1[C@@H](COc1ccc(F)c(F)c1)CN2C(=O)N(C)C)C(C)(C)C. The summed E-state index contributed by atoms with van der Waals surface area (Å²) >= 11 is 0. The molecule has 1 aromatic rings. The number of nitrogens with one attached hydrogen (secondary N) is 2. The first-order valence-electron chi connectivity index (χ1n) is 12.6. The van der Waals surface area contributed by atoms with E-state index in [9.17, 15) is 23.2 Å². The Balaban J connectivity index is 1.87. The molecule has 2 heterocycles. The molecular weight excluding hydrogens is 484 g/mol. The van der Waals surface area contributed by atoms with Gasteiger partial charge in [-0.05, 0) is 37.9 Å². The van der Waals surface area contributed by atoms with Crippen LogP contribution in [0.2, 0.25) is 0 Å². The standard InChI is InChI=1S/C26H39F2N5O4/c1-15(29-5)23(34)30-22(26(2,3)4)24(35)32-11-10-20-21(32)16(13-33(20)25(36)31(6)7)14-37-17-8-9-18(27)19(28)12-17/h8-9,12,15-16,20-22,29H,10-11,13-14H2,1-7H3,(H,30,34)/t15-,16+,20+,21+,22?/m0/s1. The normalized spacial score (nSPS) is 22.9. The number of carbonyl (C=O) groups is 3. The molecule has 206 valence electrons. The first kappa shape index (κ1) is 28.6. The van der Waals surface area contributed by atoms with E-state index in [0.29, 0.717) is 19.5 Å². The number of benzene rings is 1. The van der Waals surface area contributed by atoms with Crippen molar-refractivity contribution in [3.05, 3.63) is 29.8 Å². The van der Waals surface area contributed by atoms with Crippen LogP contribution in [0.3, 0.4) is 0 Å². The summed E-state index contributed by atoms with van der Waals surface area (Å²) in [7, 11) is 5.03. The molecule has 2 N–H and O–H groups in total. The second-order valence-electron chi connectivity index (χ2n) is 11.2. The van der Waals surface area contributed by atoms with Gasteiger partial charge >= 0.3 is 6.03 Å². The van der Waals surface area contributed by atoms with Gasteiger partial charge in [0.15, 0.2) is 11.6 Å². The third-order valence-electron chi connectivity index (χ3n) is 7.23. The number of halogens is 2. The Hall–Kier alpha value is -2.95. The van der Waals surface area contributed by atoms with Gasteiger partial charge in [-0.2, -0.15) is 0 Å². The number of likely N-dealkylation sites (N-methyl/N-ethyl adjacent to an activating group) is 1. The molecule has 2 fully saturated rings. The monoisotopic (exact) mass is 523 g/mol. The summed E-state index contributed by atoms with van der Waals surface area (Å²) in [5, 5.41) is 5.80. The predicted octanol–water partition coefficient (Wildman–Crippen LogP) is 2.07. The minimum Gasteiger partial charge on any atom is -0.493 e. The molecule has 11 heteroatoms. The van der Waals surface area contributed by atoms with Crippen molar-refractivity contribution in [2.24, 2.45) is 11.3 Å². The van der Waals surface area contributed by atoms with Gasteiger partial charge in [0.2, 0.25) is 11.8 Å². The minimum atomic E-state index is -1.01. The Bertz CT molecular complexity index is 1020. The van der Waals surface area contributed by atoms with E-state index in [1.807, 2.05) is 20.8 Å². The summed E-state index contributed by atoms with van der Waals surface area (Å²) in [6.07, 6.45) is 0.593. The number of ether oxygens (including phenoxy) is 1. The number of rotatable bonds is 7. The molecule has 0 bridgehead atoms. The minimum absolute atomic E-state index is 0.108. The molecule has 0 radical (unpaired) electrons. The second kappa shape index (κ2) is 11.2. The third kappa shape index (κ3) is 6.14. The number of hydrogen-bond donors (Lipinski definition) is 2. The van der Waals surface area contributed by atoms with E-state index in [0.717, 1.165) is 12.1 Å². The lowest BCUT2D eigenvalue weighted by Crippen LogP contribution is -2.59. The van der Waals surface area contributed by atoms with Crippen molar-refractivity contribution in [3.8, 4) is 5.75 Å². The van der Waals surface area contributed by atoms with Gasteiger partial charge in [0, 0.05) is 39.2 Å². The summed E-state index contributed by atoms with van der Waals surface area (Å²) in [6, 6.07) is 1.35. The third-order valence-corrected chi connectivity index (χ3v) is 7.23. The Kier molecular flexibility index (Phi) is 8.66. The van der Waals surface area contributed by atoms with Crippen LogP contribution in [0.25, 0.3) is 0 Å². The molecule has 1 aromatic carbocycles. The lowest BCUT2D eigenvalue weighted by molar-refractivity contribution is -0.141. The van der Waals surface area contributed by atoms with Gasteiger partial charge in [-0.25, -0.2) is 13.6 Å². The van der Waals surface area contributed by atoms with Crippen LogP contribution in [-0.2, 0) is 9.59 Å². The summed E-state index contributed by atoms with van der Waals surface area (Å²) in [6.45, 7) is 8.30. The lowest BCUT2D eigenvalue weighted by atomic mass is 9.85. The highest BCUT2D eigenvalue weighted by atomic mass is 19.2. The van der Waals surface area contributed by atoms with Gasteiger partial charge in [0.05, 0.1) is 24.7 Å². The number of urea groups is 1. The van der Waals surface area contributed by atoms with E-state index < -0.39 is 29.1 Å². The fourth-order valence-electron chi connectivity index (χ4n) is 5.07. The molecule has 2 saturated heterocycles. The van der Waals surface area contributed by atoms with Crippen LogP contribution in [0.15, 0.2) is 18.2 Å². The molecule has 9 nitrogen and oxygen atoms in total. The van der Waals surface area contributed by atoms with E-state index in [4.69, 9.17) is 4.74 Å². The summed E-state index contributed by atoms with van der Waals surface area (Å²) in [5.74, 6) is -2.56.